The zero-order valence-electron chi connectivity index (χ0n) is 19.0. The number of rotatable bonds is 6. The van der Waals surface area contributed by atoms with E-state index in [9.17, 15) is 0 Å². The Morgan fingerprint density at radius 3 is 2.19 bits per heavy atom. The molecule has 0 aromatic heterocycles. The van der Waals surface area contributed by atoms with Crippen LogP contribution in [0.15, 0.2) is 73.8 Å². The Labute approximate surface area is 187 Å². The van der Waals surface area contributed by atoms with E-state index in [0.717, 1.165) is 12.1 Å². The van der Waals surface area contributed by atoms with Gasteiger partial charge in [-0.15, -0.1) is 0 Å². The summed E-state index contributed by atoms with van der Waals surface area (Å²) in [6.07, 6.45) is 5.99. The van der Waals surface area contributed by atoms with Gasteiger partial charge in [0.05, 0.1) is 0 Å². The fourth-order valence-corrected chi connectivity index (χ4v) is 4.64. The Hall–Kier alpha value is -2.90. The molecule has 0 unspecified atom stereocenters. The maximum absolute atomic E-state index is 4.16. The lowest BCUT2D eigenvalue weighted by atomic mass is 9.91. The molecule has 1 saturated heterocycles. The predicted molar refractivity (Wildman–Crippen MR) is 136 cm³/mol. The zero-order valence-corrected chi connectivity index (χ0v) is 19.0. The molecule has 158 valence electrons. The van der Waals surface area contributed by atoms with Gasteiger partial charge in [0.1, 0.15) is 0 Å². The number of benzene rings is 3. The summed E-state index contributed by atoms with van der Waals surface area (Å²) in [6, 6.07) is 22.4. The van der Waals surface area contributed by atoms with Gasteiger partial charge in [-0.3, -0.25) is 4.90 Å². The standard InChI is InChI=1S/C30H33N/c1-5-25-19-29(20-30(22(2)3)23(25)4)27-14-12-26(13-15-27)28-11-9-10-24(18-28)21-31-16-7-6-8-17-31/h5,9-15,18-20H,1-2,6-8,16-17,21H2,3-4H3. The molecule has 31 heavy (non-hydrogen) atoms. The first kappa shape index (κ1) is 21.3. The fraction of sp³-hybridized carbons (Fsp3) is 0.267. The maximum atomic E-state index is 4.16. The Balaban J connectivity index is 1.59. The van der Waals surface area contributed by atoms with Gasteiger partial charge in [-0.2, -0.15) is 0 Å². The van der Waals surface area contributed by atoms with E-state index in [1.54, 1.807) is 0 Å². The van der Waals surface area contributed by atoms with Crippen molar-refractivity contribution in [2.75, 3.05) is 13.1 Å². The lowest BCUT2D eigenvalue weighted by Crippen LogP contribution is -2.29. The molecule has 0 radical (unpaired) electrons. The molecule has 1 heteroatoms. The normalized spacial score (nSPS) is 14.4. The first-order chi connectivity index (χ1) is 15.0. The van der Waals surface area contributed by atoms with Crippen molar-refractivity contribution in [2.45, 2.75) is 39.7 Å². The van der Waals surface area contributed by atoms with Gasteiger partial charge < -0.3 is 0 Å². The molecule has 1 aliphatic rings. The van der Waals surface area contributed by atoms with Crippen molar-refractivity contribution < 1.29 is 0 Å². The van der Waals surface area contributed by atoms with Crippen LogP contribution in [0, 0.1) is 6.92 Å². The first-order valence-electron chi connectivity index (χ1n) is 11.4. The van der Waals surface area contributed by atoms with Crippen molar-refractivity contribution >= 4 is 11.6 Å². The second kappa shape index (κ2) is 9.49. The number of piperidine rings is 1. The topological polar surface area (TPSA) is 3.24 Å². The van der Waals surface area contributed by atoms with E-state index >= 15 is 0 Å². The molecular weight excluding hydrogens is 374 g/mol. The molecule has 3 aromatic rings. The van der Waals surface area contributed by atoms with Crippen LogP contribution in [-0.4, -0.2) is 18.0 Å². The zero-order chi connectivity index (χ0) is 21.8. The highest BCUT2D eigenvalue weighted by molar-refractivity contribution is 5.78. The summed E-state index contributed by atoms with van der Waals surface area (Å²) in [5.74, 6) is 0. The van der Waals surface area contributed by atoms with Crippen LogP contribution in [0.25, 0.3) is 33.9 Å². The van der Waals surface area contributed by atoms with Crippen LogP contribution in [0.4, 0.5) is 0 Å². The van der Waals surface area contributed by atoms with Crippen molar-refractivity contribution in [3.8, 4) is 22.3 Å². The monoisotopic (exact) mass is 407 g/mol. The van der Waals surface area contributed by atoms with Crippen LogP contribution in [-0.2, 0) is 6.54 Å². The second-order valence-corrected chi connectivity index (χ2v) is 8.84. The van der Waals surface area contributed by atoms with E-state index < -0.39 is 0 Å². The molecule has 3 aromatic carbocycles. The molecule has 1 heterocycles. The highest BCUT2D eigenvalue weighted by atomic mass is 15.1. The third-order valence-corrected chi connectivity index (χ3v) is 6.46. The summed E-state index contributed by atoms with van der Waals surface area (Å²) in [5, 5.41) is 0. The number of nitrogens with zero attached hydrogens (tertiary/aromatic N) is 1. The number of likely N-dealkylation sites (tertiary alicyclic amines) is 1. The van der Waals surface area contributed by atoms with Crippen LogP contribution in [0.5, 0.6) is 0 Å². The van der Waals surface area contributed by atoms with Crippen LogP contribution in [0.1, 0.15) is 48.4 Å². The Morgan fingerprint density at radius 1 is 0.871 bits per heavy atom. The van der Waals surface area contributed by atoms with E-state index in [2.05, 4.69) is 92.6 Å². The molecule has 0 atom stereocenters. The Kier molecular flexibility index (Phi) is 6.53. The smallest absolute Gasteiger partial charge is 0.0233 e. The summed E-state index contributed by atoms with van der Waals surface area (Å²) in [5.41, 5.74) is 11.1. The summed E-state index contributed by atoms with van der Waals surface area (Å²) >= 11 is 0. The van der Waals surface area contributed by atoms with Crippen LogP contribution >= 0.6 is 0 Å². The van der Waals surface area contributed by atoms with E-state index in [-0.39, 0.29) is 0 Å². The van der Waals surface area contributed by atoms with Gasteiger partial charge in [0.15, 0.2) is 0 Å². The highest BCUT2D eigenvalue weighted by Gasteiger charge is 2.11. The molecule has 1 nitrogen and oxygen atoms in total. The van der Waals surface area contributed by atoms with Gasteiger partial charge in [-0.25, -0.2) is 0 Å². The molecule has 1 aliphatic heterocycles. The minimum atomic E-state index is 1.06. The average Bonchev–Trinajstić information content (AvgIpc) is 2.80. The minimum absolute atomic E-state index is 1.06. The Morgan fingerprint density at radius 2 is 1.55 bits per heavy atom. The summed E-state index contributed by atoms with van der Waals surface area (Å²) in [4.78, 5) is 2.58. The van der Waals surface area contributed by atoms with Crippen LogP contribution in [0.3, 0.4) is 0 Å². The minimum Gasteiger partial charge on any atom is -0.299 e. The van der Waals surface area contributed by atoms with E-state index in [4.69, 9.17) is 0 Å². The summed E-state index contributed by atoms with van der Waals surface area (Å²) in [6.45, 7) is 15.9. The van der Waals surface area contributed by atoms with Gasteiger partial charge >= 0.3 is 0 Å². The van der Waals surface area contributed by atoms with Gasteiger partial charge in [0, 0.05) is 6.54 Å². The van der Waals surface area contributed by atoms with Crippen molar-refractivity contribution in [3.63, 3.8) is 0 Å². The van der Waals surface area contributed by atoms with Crippen molar-refractivity contribution in [3.05, 3.63) is 96.1 Å². The van der Waals surface area contributed by atoms with Crippen molar-refractivity contribution in [1.82, 2.24) is 4.90 Å². The molecule has 0 saturated carbocycles. The number of hydrogen-bond acceptors (Lipinski definition) is 1. The number of allylic oxidation sites excluding steroid dienone is 1. The molecule has 4 rings (SSSR count). The third-order valence-electron chi connectivity index (χ3n) is 6.46. The second-order valence-electron chi connectivity index (χ2n) is 8.84. The predicted octanol–water partition coefficient (Wildman–Crippen LogP) is 7.99. The van der Waals surface area contributed by atoms with Gasteiger partial charge in [0.25, 0.3) is 0 Å². The lowest BCUT2D eigenvalue weighted by Gasteiger charge is -2.26. The molecule has 0 amide bonds. The van der Waals surface area contributed by atoms with Gasteiger partial charge in [-0.1, -0.05) is 73.7 Å². The van der Waals surface area contributed by atoms with E-state index in [0.29, 0.717) is 0 Å². The molecule has 0 bridgehead atoms. The molecule has 0 spiro atoms. The molecule has 1 fully saturated rings. The third kappa shape index (κ3) is 4.89. The fourth-order valence-electron chi connectivity index (χ4n) is 4.64. The van der Waals surface area contributed by atoms with Crippen molar-refractivity contribution in [2.24, 2.45) is 0 Å². The SMILES string of the molecule is C=Cc1cc(-c2ccc(-c3cccc(CN4CCCCC4)c3)cc2)cc(C(=C)C)c1C. The van der Waals surface area contributed by atoms with Gasteiger partial charge in [0.2, 0.25) is 0 Å². The lowest BCUT2D eigenvalue weighted by molar-refractivity contribution is 0.221. The summed E-state index contributed by atoms with van der Waals surface area (Å²) in [7, 11) is 0. The first-order valence-corrected chi connectivity index (χ1v) is 11.4. The van der Waals surface area contributed by atoms with E-state index in [1.165, 1.54) is 76.9 Å². The average molecular weight is 408 g/mol. The van der Waals surface area contributed by atoms with Crippen molar-refractivity contribution in [1.29, 1.82) is 0 Å². The van der Waals surface area contributed by atoms with Gasteiger partial charge in [-0.05, 0) is 102 Å². The highest BCUT2D eigenvalue weighted by Crippen LogP contribution is 2.31. The van der Waals surface area contributed by atoms with Crippen LogP contribution in [0.2, 0.25) is 0 Å². The Bertz CT molecular complexity index is 1080. The molecule has 0 aliphatic carbocycles. The quantitative estimate of drug-likeness (QED) is 0.400. The van der Waals surface area contributed by atoms with E-state index in [1.807, 2.05) is 6.08 Å². The van der Waals surface area contributed by atoms with Crippen LogP contribution < -0.4 is 0 Å². The number of hydrogen-bond donors (Lipinski definition) is 0. The summed E-state index contributed by atoms with van der Waals surface area (Å²) < 4.78 is 0. The maximum Gasteiger partial charge on any atom is 0.0233 e. The molecule has 0 N–H and O–H groups in total. The largest absolute Gasteiger partial charge is 0.299 e. The molecular formula is C30H33N.